The van der Waals surface area contributed by atoms with Crippen molar-refractivity contribution in [3.8, 4) is 22.3 Å². The molecule has 10 rings (SSSR count). The van der Waals surface area contributed by atoms with Crippen molar-refractivity contribution in [3.05, 3.63) is 176 Å². The molecule has 10 aromatic rings. The van der Waals surface area contributed by atoms with Crippen LogP contribution in [-0.2, 0) is 0 Å². The third-order valence-corrected chi connectivity index (χ3v) is 10.9. The van der Waals surface area contributed by atoms with Gasteiger partial charge >= 0.3 is 0 Å². The summed E-state index contributed by atoms with van der Waals surface area (Å²) in [4.78, 5) is 2.34. The lowest BCUT2D eigenvalue weighted by Gasteiger charge is -2.26. The normalized spacial score (nSPS) is 11.7. The average Bonchev–Trinajstić information content (AvgIpc) is 3.73. The maximum atomic E-state index is 6.37. The van der Waals surface area contributed by atoms with Crippen LogP contribution in [0, 0.1) is 0 Å². The standard InChI is InChI=1S/C46H29NOS/c1-2-14-36-30(10-1)11-8-17-37(36)32-12-7-13-34(28-32)47(35-26-27-40-39-15-3-5-20-43(39)48-44(40)29-35)33-24-22-31(23-25-33)38-18-9-19-42-41-16-4-6-21-45(41)49-46(38)42/h1-29H. The van der Waals surface area contributed by atoms with E-state index in [0.717, 1.165) is 39.0 Å². The average molecular weight is 644 g/mol. The van der Waals surface area contributed by atoms with Crippen molar-refractivity contribution >= 4 is 81.3 Å². The van der Waals surface area contributed by atoms with E-state index in [1.54, 1.807) is 0 Å². The van der Waals surface area contributed by atoms with E-state index >= 15 is 0 Å². The Morgan fingerprint density at radius 2 is 1.04 bits per heavy atom. The fraction of sp³-hybridized carbons (Fsp3) is 0. The number of fused-ring (bicyclic) bond motifs is 7. The summed E-state index contributed by atoms with van der Waals surface area (Å²) in [6.45, 7) is 0. The molecular formula is C46H29NOS. The summed E-state index contributed by atoms with van der Waals surface area (Å²) in [6.07, 6.45) is 0. The number of hydrogen-bond acceptors (Lipinski definition) is 3. The first kappa shape index (κ1) is 27.9. The summed E-state index contributed by atoms with van der Waals surface area (Å²) in [6, 6.07) is 63.2. The molecule has 0 amide bonds. The summed E-state index contributed by atoms with van der Waals surface area (Å²) in [7, 11) is 0. The van der Waals surface area contributed by atoms with Gasteiger partial charge in [0.15, 0.2) is 0 Å². The Kier molecular flexibility index (Phi) is 6.39. The Bertz CT molecular complexity index is 2840. The predicted octanol–water partition coefficient (Wildman–Crippen LogP) is 13.9. The lowest BCUT2D eigenvalue weighted by molar-refractivity contribution is 0.669. The smallest absolute Gasteiger partial charge is 0.137 e. The number of thiophene rings is 1. The molecule has 0 aliphatic heterocycles. The number of hydrogen-bond donors (Lipinski definition) is 0. The summed E-state index contributed by atoms with van der Waals surface area (Å²) in [5.41, 5.74) is 9.85. The van der Waals surface area contributed by atoms with Crippen molar-refractivity contribution in [2.24, 2.45) is 0 Å². The van der Waals surface area contributed by atoms with E-state index in [9.17, 15) is 0 Å². The van der Waals surface area contributed by atoms with Crippen LogP contribution in [0.5, 0.6) is 0 Å². The van der Waals surface area contributed by atoms with Crippen LogP contribution >= 0.6 is 11.3 Å². The number of rotatable bonds is 5. The SMILES string of the molecule is c1cc(-c2cccc3ccccc23)cc(N(c2ccc(-c3cccc4c3sc3ccccc34)cc2)c2ccc3c(c2)oc2ccccc23)c1. The highest BCUT2D eigenvalue weighted by Gasteiger charge is 2.18. The van der Waals surface area contributed by atoms with Crippen LogP contribution in [0.4, 0.5) is 17.1 Å². The Hall–Kier alpha value is -6.16. The van der Waals surface area contributed by atoms with Crippen molar-refractivity contribution in [1.82, 2.24) is 0 Å². The first-order valence-electron chi connectivity index (χ1n) is 16.6. The largest absolute Gasteiger partial charge is 0.456 e. The second-order valence-electron chi connectivity index (χ2n) is 12.5. The van der Waals surface area contributed by atoms with Gasteiger partial charge in [0.05, 0.1) is 0 Å². The zero-order valence-electron chi connectivity index (χ0n) is 26.5. The van der Waals surface area contributed by atoms with Crippen LogP contribution in [0.3, 0.4) is 0 Å². The van der Waals surface area contributed by atoms with Crippen LogP contribution < -0.4 is 4.90 Å². The summed E-state index contributed by atoms with van der Waals surface area (Å²) >= 11 is 1.87. The third kappa shape index (κ3) is 4.62. The molecule has 0 aliphatic rings. The highest BCUT2D eigenvalue weighted by Crippen LogP contribution is 2.43. The van der Waals surface area contributed by atoms with Crippen molar-refractivity contribution in [3.63, 3.8) is 0 Å². The molecule has 0 bridgehead atoms. The van der Waals surface area contributed by atoms with Gasteiger partial charge < -0.3 is 9.32 Å². The second kappa shape index (κ2) is 11.2. The summed E-state index contributed by atoms with van der Waals surface area (Å²) < 4.78 is 9.02. The van der Waals surface area contributed by atoms with Gasteiger partial charge in [-0.05, 0) is 81.6 Å². The minimum atomic E-state index is 0.877. The fourth-order valence-corrected chi connectivity index (χ4v) is 8.59. The molecule has 0 atom stereocenters. The quantitative estimate of drug-likeness (QED) is 0.186. The zero-order chi connectivity index (χ0) is 32.3. The molecule has 0 unspecified atom stereocenters. The molecule has 0 fully saturated rings. The molecule has 49 heavy (non-hydrogen) atoms. The molecule has 3 heteroatoms. The molecule has 0 aliphatic carbocycles. The van der Waals surface area contributed by atoms with Crippen molar-refractivity contribution in [2.75, 3.05) is 4.90 Å². The van der Waals surface area contributed by atoms with Gasteiger partial charge in [-0.3, -0.25) is 0 Å². The lowest BCUT2D eigenvalue weighted by Crippen LogP contribution is -2.10. The zero-order valence-corrected chi connectivity index (χ0v) is 27.3. The Morgan fingerprint density at radius 1 is 0.388 bits per heavy atom. The van der Waals surface area contributed by atoms with Gasteiger partial charge in [0.2, 0.25) is 0 Å². The monoisotopic (exact) mass is 643 g/mol. The molecule has 8 aromatic carbocycles. The van der Waals surface area contributed by atoms with E-state index < -0.39 is 0 Å². The van der Waals surface area contributed by atoms with Gasteiger partial charge in [-0.2, -0.15) is 0 Å². The van der Waals surface area contributed by atoms with Crippen LogP contribution in [0.25, 0.3) is 75.1 Å². The third-order valence-electron chi connectivity index (χ3n) is 9.67. The summed E-state index contributed by atoms with van der Waals surface area (Å²) in [5, 5.41) is 7.37. The highest BCUT2D eigenvalue weighted by molar-refractivity contribution is 7.26. The van der Waals surface area contributed by atoms with Gasteiger partial charge in [-0.15, -0.1) is 11.3 Å². The Labute approximate surface area is 287 Å². The minimum Gasteiger partial charge on any atom is -0.456 e. The maximum Gasteiger partial charge on any atom is 0.137 e. The van der Waals surface area contributed by atoms with Crippen molar-refractivity contribution in [1.29, 1.82) is 0 Å². The second-order valence-corrected chi connectivity index (χ2v) is 13.6. The molecule has 230 valence electrons. The van der Waals surface area contributed by atoms with Crippen LogP contribution in [-0.4, -0.2) is 0 Å². The Balaban J connectivity index is 1.13. The van der Waals surface area contributed by atoms with E-state index in [1.165, 1.54) is 53.2 Å². The number of benzene rings is 8. The number of furan rings is 1. The predicted molar refractivity (Wildman–Crippen MR) is 210 cm³/mol. The van der Waals surface area contributed by atoms with Gasteiger partial charge in [0.1, 0.15) is 11.2 Å². The molecule has 0 saturated carbocycles. The molecule has 0 N–H and O–H groups in total. The minimum absolute atomic E-state index is 0.877. The van der Waals surface area contributed by atoms with E-state index in [1.807, 2.05) is 23.5 Å². The molecule has 0 radical (unpaired) electrons. The maximum absolute atomic E-state index is 6.37. The van der Waals surface area contributed by atoms with E-state index in [4.69, 9.17) is 4.42 Å². The molecule has 0 saturated heterocycles. The summed E-state index contributed by atoms with van der Waals surface area (Å²) in [5.74, 6) is 0. The van der Waals surface area contributed by atoms with Crippen molar-refractivity contribution in [2.45, 2.75) is 0 Å². The first-order valence-corrected chi connectivity index (χ1v) is 17.4. The van der Waals surface area contributed by atoms with Crippen molar-refractivity contribution < 1.29 is 4.42 Å². The van der Waals surface area contributed by atoms with Crippen LogP contribution in [0.2, 0.25) is 0 Å². The van der Waals surface area contributed by atoms with Gasteiger partial charge in [-0.1, -0.05) is 121 Å². The highest BCUT2D eigenvalue weighted by atomic mass is 32.1. The fourth-order valence-electron chi connectivity index (χ4n) is 7.36. The van der Waals surface area contributed by atoms with Crippen LogP contribution in [0.1, 0.15) is 0 Å². The number of para-hydroxylation sites is 1. The van der Waals surface area contributed by atoms with Crippen LogP contribution in [0.15, 0.2) is 180 Å². The Morgan fingerprint density at radius 3 is 1.96 bits per heavy atom. The van der Waals surface area contributed by atoms with E-state index in [2.05, 4.69) is 169 Å². The first-order chi connectivity index (χ1) is 24.3. The number of anilines is 3. The van der Waals surface area contributed by atoms with E-state index in [0.29, 0.717) is 0 Å². The molecule has 2 nitrogen and oxygen atoms in total. The molecule has 2 aromatic heterocycles. The van der Waals surface area contributed by atoms with Gasteiger partial charge in [0.25, 0.3) is 0 Å². The molecule has 0 spiro atoms. The number of nitrogens with zero attached hydrogens (tertiary/aromatic N) is 1. The van der Waals surface area contributed by atoms with Gasteiger partial charge in [0, 0.05) is 54.1 Å². The molecular weight excluding hydrogens is 615 g/mol. The lowest BCUT2D eigenvalue weighted by atomic mass is 9.97. The van der Waals surface area contributed by atoms with Gasteiger partial charge in [-0.25, -0.2) is 0 Å². The van der Waals surface area contributed by atoms with E-state index in [-0.39, 0.29) is 0 Å². The topological polar surface area (TPSA) is 16.4 Å². The molecule has 2 heterocycles.